The molecular weight excluding hydrogens is 1860 g/mol. The molecule has 0 atom stereocenters. The largest absolute Gasteiger partial charge is 1.00 e. The topological polar surface area (TPSA) is 274 Å². The Morgan fingerprint density at radius 1 is 0.496 bits per heavy atom. The number of aromatic amines is 1. The number of para-hydroxylation sites is 10. The molecule has 3 saturated heterocycles. The zero-order chi connectivity index (χ0) is 90.9. The molecule has 0 bridgehead atoms. The van der Waals surface area contributed by atoms with Gasteiger partial charge in [0, 0.05) is 31.0 Å². The monoisotopic (exact) mass is 1950 g/mol. The van der Waals surface area contributed by atoms with Gasteiger partial charge in [-0.1, -0.05) is 206 Å². The average molecular weight is 1960 g/mol. The average Bonchev–Trinajstić information content (AvgIpc) is 1.59. The SMILES string of the molecule is Brc1ccc(-c2cc3ccccc3n3c2nc2ccccc23)cc1.Brc1ccc(Cc2nc3ccccc3[nH]2)cc1.CC1(C)OB(B2OC(C)(C)C(C)(C)O2)OC1(C)C.CC1(C)OB(c2ccc(-c3cc4ccccc4n4c3nc3ccccc34)cc2)OC1(C)C.Nc1ccccc1N.O=C(O)Cc1ccc(Br)cc1.O=CO[O-].O=Cc1ccccc1F.[2H]CF.[H-].[K+].[K+]. The van der Waals surface area contributed by atoms with Crippen LogP contribution in [0.1, 0.15) is 113 Å². The number of carboxylic acids is 1. The van der Waals surface area contributed by atoms with Crippen molar-refractivity contribution >= 4 is 171 Å². The van der Waals surface area contributed by atoms with Crippen molar-refractivity contribution in [3.63, 3.8) is 0 Å². The summed E-state index contributed by atoms with van der Waals surface area (Å²) in [6, 6.07) is 91.7. The number of carbonyl (C=O) groups excluding carboxylic acids is 2. The van der Waals surface area contributed by atoms with Crippen LogP contribution >= 0.6 is 47.8 Å². The number of carboxylic acid groups (broad SMARTS) is 1. The number of aromatic nitrogens is 6. The van der Waals surface area contributed by atoms with Gasteiger partial charge in [0.1, 0.15) is 22.9 Å². The number of H-pyrrole nitrogens is 1. The van der Waals surface area contributed by atoms with E-state index in [4.69, 9.17) is 65.9 Å². The number of aldehydes is 1. The third-order valence-corrected chi connectivity index (χ3v) is 23.9. The molecule has 3 fully saturated rings. The van der Waals surface area contributed by atoms with Crippen LogP contribution in [0.3, 0.4) is 0 Å². The van der Waals surface area contributed by atoms with Crippen LogP contribution in [-0.4, -0.2) is 114 Å². The molecular formula is C97H98B3Br3F2K2N8O12. The number of carbonyl (C=O) groups is 3. The Labute approximate surface area is 852 Å². The third-order valence-electron chi connectivity index (χ3n) is 22.3. The number of fused-ring (bicyclic) bond motifs is 11. The van der Waals surface area contributed by atoms with Gasteiger partial charge in [0.2, 0.25) is 0 Å². The van der Waals surface area contributed by atoms with Gasteiger partial charge in [-0.3, -0.25) is 27.6 Å². The summed E-state index contributed by atoms with van der Waals surface area (Å²) >= 11 is 10.2. The summed E-state index contributed by atoms with van der Waals surface area (Å²) in [7, 11) is -2.31. The second kappa shape index (κ2) is 45.7. The number of alkyl halides is 1. The Kier molecular flexibility index (Phi) is 36.4. The fourth-order valence-corrected chi connectivity index (χ4v) is 14.4. The summed E-state index contributed by atoms with van der Waals surface area (Å²) in [5, 5.41) is 19.3. The molecule has 3 aliphatic rings. The number of hydrogen-bond acceptors (Lipinski definition) is 16. The minimum Gasteiger partial charge on any atom is -1.00 e. The van der Waals surface area contributed by atoms with Crippen molar-refractivity contribution in [2.24, 2.45) is 0 Å². The van der Waals surface area contributed by atoms with Gasteiger partial charge < -0.3 is 61.1 Å². The van der Waals surface area contributed by atoms with E-state index >= 15 is 0 Å². The number of pyridine rings is 2. The normalized spacial score (nSPS) is 14.9. The number of anilines is 2. The maximum atomic E-state index is 12.4. The van der Waals surface area contributed by atoms with Gasteiger partial charge in [-0.05, 0) is 243 Å². The fraction of sp³-hybridized carbons (Fsp3) is 0.216. The first-order valence-electron chi connectivity index (χ1n) is 40.7. The van der Waals surface area contributed by atoms with E-state index < -0.39 is 33.0 Å². The van der Waals surface area contributed by atoms with E-state index in [9.17, 15) is 18.4 Å². The van der Waals surface area contributed by atoms with Gasteiger partial charge in [-0.25, -0.2) is 19.3 Å². The van der Waals surface area contributed by atoms with Crippen LogP contribution in [-0.2, 0) is 55.2 Å². The molecule has 19 rings (SSSR count). The molecule has 0 spiro atoms. The number of halogens is 5. The van der Waals surface area contributed by atoms with Gasteiger partial charge in [-0.15, -0.1) is 0 Å². The van der Waals surface area contributed by atoms with Crippen LogP contribution in [0.5, 0.6) is 0 Å². The Bertz CT molecular complexity index is 6300. The van der Waals surface area contributed by atoms with E-state index in [1.54, 1.807) is 36.4 Å². The molecule has 0 saturated carbocycles. The van der Waals surface area contributed by atoms with E-state index in [0.29, 0.717) is 17.7 Å². The molecule has 20 nitrogen and oxygen atoms in total. The number of nitrogens with two attached hydrogens (primary N) is 2. The van der Waals surface area contributed by atoms with Gasteiger partial charge >= 0.3 is 130 Å². The maximum absolute atomic E-state index is 12.4. The number of rotatable bonds is 10. The molecule has 6 N–H and O–H groups in total. The zero-order valence-corrected chi connectivity index (χ0v) is 84.3. The number of hydrogen-bond donors (Lipinski definition) is 4. The van der Waals surface area contributed by atoms with Gasteiger partial charge in [0.05, 0.1) is 110 Å². The molecule has 127 heavy (non-hydrogen) atoms. The summed E-state index contributed by atoms with van der Waals surface area (Å²) in [5.74, 6) is -0.256. The van der Waals surface area contributed by atoms with E-state index in [-0.39, 0.29) is 163 Å². The molecule has 8 heterocycles. The Morgan fingerprint density at radius 2 is 0.843 bits per heavy atom. The molecule has 16 aromatic rings. The van der Waals surface area contributed by atoms with Crippen LogP contribution in [0.2, 0.25) is 0 Å². The standard InChI is InChI=1S/C27H25BN2O2.C21H13BrN2.C14H11BrN2.C12H24B2O4.C8H7BrO2.C7H5FO.C6H8N2.CH3F.CH2O3.2K.H/c1-26(2)27(3,4)32-28(31-26)20-15-13-18(14-16-20)21-17-19-9-5-7-11-23(19)30-24-12-8-6-10-22(24)29-25(21)30;22-16-11-9-14(10-12-16)17-13-15-5-1-3-7-19(15)24-20-8-4-2-6-18(20)23-21(17)24;15-11-7-5-10(6-8-11)9-14-16-12-3-1-2-4-13(12)17-14;1-9(2)10(3,4)16-13(15-9)14-17-11(5,6)12(7,8)18-14;9-7-3-1-6(2-4-7)5-8(10)11;8-7-4-2-1-3-6(7)5-9;7-5-3-1-2-4-6(5)8;1-2;2-1-4-3;;;/h5-17H,1-4H3;1-13H;1-8H,9H2,(H,16,17);1-8H3;1-4H,5H2,(H,10,11);1-5H;1-4H,7-8H2;1H3;1,3H;;;/q;;;;;;;;;2*+1;-1/p-1/i;;;;;;;1D;;;;. The Hall–Kier alpha value is -7.99. The van der Waals surface area contributed by atoms with Crippen LogP contribution in [0.4, 0.5) is 20.2 Å². The first-order valence-corrected chi connectivity index (χ1v) is 42.4. The predicted octanol–water partition coefficient (Wildman–Crippen LogP) is 15.5. The molecule has 11 aromatic carbocycles. The van der Waals surface area contributed by atoms with Crippen LogP contribution in [0, 0.1) is 5.82 Å². The number of nitrogen functional groups attached to an aromatic ring is 2. The summed E-state index contributed by atoms with van der Waals surface area (Å²) in [5.41, 5.74) is 28.4. The number of benzene rings is 11. The first kappa shape index (κ1) is 101. The van der Waals surface area contributed by atoms with Crippen LogP contribution < -0.4 is 125 Å². The maximum Gasteiger partial charge on any atom is 1.00 e. The van der Waals surface area contributed by atoms with Crippen molar-refractivity contribution in [2.75, 3.05) is 18.6 Å². The van der Waals surface area contributed by atoms with Crippen LogP contribution in [0.15, 0.2) is 292 Å². The van der Waals surface area contributed by atoms with Crippen molar-refractivity contribution in [3.8, 4) is 22.3 Å². The van der Waals surface area contributed by atoms with Crippen molar-refractivity contribution in [3.05, 3.63) is 321 Å². The second-order valence-corrected chi connectivity index (χ2v) is 35.1. The van der Waals surface area contributed by atoms with E-state index in [0.717, 1.165) is 103 Å². The minimum absolute atomic E-state index is 0. The molecule has 3 aliphatic heterocycles. The first-order chi connectivity index (χ1) is 60.0. The Balaban J connectivity index is 0.000000191. The number of nitrogens with one attached hydrogen (secondary N) is 1. The summed E-state index contributed by atoms with van der Waals surface area (Å²) in [6.07, 6.45) is 1.42. The quantitative estimate of drug-likeness (QED) is 0.0326. The van der Waals surface area contributed by atoms with Crippen LogP contribution in [0.25, 0.3) is 88.5 Å². The van der Waals surface area contributed by atoms with E-state index in [2.05, 4.69) is 269 Å². The molecule has 0 amide bonds. The smallest absolute Gasteiger partial charge is 1.00 e. The van der Waals surface area contributed by atoms with Crippen molar-refractivity contribution in [2.45, 2.75) is 130 Å². The van der Waals surface area contributed by atoms with Crippen molar-refractivity contribution in [1.82, 2.24) is 28.7 Å². The van der Waals surface area contributed by atoms with Gasteiger partial charge in [0.15, 0.2) is 6.29 Å². The minimum atomic E-state index is -1.00. The third kappa shape index (κ3) is 25.6. The van der Waals surface area contributed by atoms with Gasteiger partial charge in [0.25, 0.3) is 6.47 Å². The molecule has 30 heteroatoms. The molecule has 0 radical (unpaired) electrons. The molecule has 0 unspecified atom stereocenters. The van der Waals surface area contributed by atoms with Gasteiger partial charge in [-0.2, -0.15) is 0 Å². The van der Waals surface area contributed by atoms with Crippen molar-refractivity contribution in [1.29, 1.82) is 0 Å². The second-order valence-electron chi connectivity index (χ2n) is 32.4. The molecule has 0 aliphatic carbocycles. The zero-order valence-electron chi connectivity index (χ0n) is 75.3. The Morgan fingerprint density at radius 3 is 1.23 bits per heavy atom. The van der Waals surface area contributed by atoms with Crippen molar-refractivity contribution < 1.29 is 172 Å². The molecule has 644 valence electrons. The number of aliphatic carboxylic acids is 1. The summed E-state index contributed by atoms with van der Waals surface area (Å²) in [6.45, 7) is 24.3. The van der Waals surface area contributed by atoms with E-state index in [1.807, 2.05) is 116 Å². The molecule has 5 aromatic heterocycles. The predicted molar refractivity (Wildman–Crippen MR) is 508 cm³/mol. The summed E-state index contributed by atoms with van der Waals surface area (Å²) in [4.78, 5) is 49.3. The number of nitrogens with zero attached hydrogens (tertiary/aromatic N) is 5. The fourth-order valence-electron chi connectivity index (χ4n) is 13.6. The number of imidazole rings is 3. The van der Waals surface area contributed by atoms with E-state index in [1.165, 1.54) is 39.5 Å². The summed E-state index contributed by atoms with van der Waals surface area (Å²) < 4.78 is 71.8.